The van der Waals surface area contributed by atoms with Gasteiger partial charge in [0, 0.05) is 48.9 Å². The Morgan fingerprint density at radius 3 is 2.66 bits per heavy atom. The van der Waals surface area contributed by atoms with Gasteiger partial charge in [-0.1, -0.05) is 30.0 Å². The van der Waals surface area contributed by atoms with Gasteiger partial charge in [-0.25, -0.2) is 9.97 Å². The van der Waals surface area contributed by atoms with Gasteiger partial charge in [0.25, 0.3) is 0 Å². The highest BCUT2D eigenvalue weighted by Crippen LogP contribution is 2.35. The summed E-state index contributed by atoms with van der Waals surface area (Å²) < 4.78 is 11.5. The van der Waals surface area contributed by atoms with Gasteiger partial charge in [-0.15, -0.1) is 0 Å². The van der Waals surface area contributed by atoms with E-state index in [1.807, 2.05) is 66.7 Å². The fourth-order valence-corrected chi connectivity index (χ4v) is 3.94. The molecule has 176 valence electrons. The van der Waals surface area contributed by atoms with Crippen molar-refractivity contribution >= 4 is 22.4 Å². The summed E-state index contributed by atoms with van der Waals surface area (Å²) in [5.41, 5.74) is 2.62. The van der Waals surface area contributed by atoms with Crippen LogP contribution in [-0.4, -0.2) is 54.7 Å². The first-order chi connectivity index (χ1) is 17.3. The third kappa shape index (κ3) is 5.69. The van der Waals surface area contributed by atoms with Crippen molar-refractivity contribution in [3.05, 3.63) is 78.6 Å². The number of ether oxygens (including phenoxy) is 2. The van der Waals surface area contributed by atoms with Crippen LogP contribution in [0.2, 0.25) is 0 Å². The largest absolute Gasteiger partial charge is 0.493 e. The summed E-state index contributed by atoms with van der Waals surface area (Å²) in [5.74, 6) is 9.31. The molecule has 1 aliphatic rings. The number of methoxy groups -OCH3 is 1. The highest BCUT2D eigenvalue weighted by Gasteiger charge is 2.10. The molecule has 0 bridgehead atoms. The van der Waals surface area contributed by atoms with Crippen LogP contribution in [-0.2, 0) is 0 Å². The Bertz CT molecular complexity index is 1360. The summed E-state index contributed by atoms with van der Waals surface area (Å²) in [7, 11) is 1.63. The molecule has 0 spiro atoms. The summed E-state index contributed by atoms with van der Waals surface area (Å²) in [5, 5.41) is 7.67. The number of hydrogen-bond donors (Lipinski definition) is 2. The van der Waals surface area contributed by atoms with Crippen molar-refractivity contribution in [1.82, 2.24) is 20.2 Å². The number of fused-ring (bicyclic) bond motifs is 1. The summed E-state index contributed by atoms with van der Waals surface area (Å²) in [4.78, 5) is 11.3. The summed E-state index contributed by atoms with van der Waals surface area (Å²) >= 11 is 0. The van der Waals surface area contributed by atoms with Crippen LogP contribution in [0.15, 0.2) is 73.1 Å². The molecule has 2 N–H and O–H groups in total. The molecule has 4 aromatic rings. The molecule has 3 aromatic carbocycles. The van der Waals surface area contributed by atoms with E-state index in [2.05, 4.69) is 37.3 Å². The first kappa shape index (κ1) is 22.7. The molecule has 5 rings (SSSR count). The number of hydrogen-bond acceptors (Lipinski definition) is 7. The second kappa shape index (κ2) is 10.9. The van der Waals surface area contributed by atoms with E-state index < -0.39 is 0 Å². The van der Waals surface area contributed by atoms with Crippen molar-refractivity contribution < 1.29 is 9.47 Å². The lowest BCUT2D eigenvalue weighted by Crippen LogP contribution is -2.43. The van der Waals surface area contributed by atoms with Gasteiger partial charge in [0.1, 0.15) is 17.9 Å². The maximum Gasteiger partial charge on any atom is 0.169 e. The lowest BCUT2D eigenvalue weighted by molar-refractivity contribution is 0.268. The van der Waals surface area contributed by atoms with Crippen LogP contribution < -0.4 is 20.1 Å². The van der Waals surface area contributed by atoms with Gasteiger partial charge in [-0.3, -0.25) is 4.90 Å². The van der Waals surface area contributed by atoms with Crippen LogP contribution in [0.1, 0.15) is 5.56 Å². The van der Waals surface area contributed by atoms with E-state index in [-0.39, 0.29) is 0 Å². The van der Waals surface area contributed by atoms with Crippen molar-refractivity contribution in [2.75, 3.05) is 45.2 Å². The van der Waals surface area contributed by atoms with Crippen molar-refractivity contribution in [3.63, 3.8) is 0 Å². The number of piperazine rings is 1. The standard InChI is InChI=1S/C28H27N5O2/c1-34-27-19-22(10-12-26(27)35-23-7-3-2-4-8-23)32-28-24-18-21(9-11-25(24)30-20-31-28)6-5-15-33-16-13-29-14-17-33/h2-4,7-12,18-20,29H,13-17H2,1H3,(H,30,31,32). The molecule has 0 saturated carbocycles. The van der Waals surface area contributed by atoms with E-state index in [4.69, 9.17) is 9.47 Å². The van der Waals surface area contributed by atoms with E-state index in [0.29, 0.717) is 17.3 Å². The third-order valence-corrected chi connectivity index (χ3v) is 5.78. The molecule has 7 nitrogen and oxygen atoms in total. The number of aromatic nitrogens is 2. The average Bonchev–Trinajstić information content (AvgIpc) is 2.91. The molecule has 0 aliphatic carbocycles. The average molecular weight is 466 g/mol. The highest BCUT2D eigenvalue weighted by atomic mass is 16.5. The Kier molecular flexibility index (Phi) is 7.04. The fraction of sp³-hybridized carbons (Fsp3) is 0.214. The van der Waals surface area contributed by atoms with Gasteiger partial charge < -0.3 is 20.1 Å². The molecule has 0 atom stereocenters. The molecule has 1 fully saturated rings. The Hall–Kier alpha value is -4.12. The van der Waals surface area contributed by atoms with E-state index >= 15 is 0 Å². The Morgan fingerprint density at radius 2 is 1.83 bits per heavy atom. The number of rotatable bonds is 6. The minimum absolute atomic E-state index is 0.622. The van der Waals surface area contributed by atoms with Crippen LogP contribution in [0.25, 0.3) is 10.9 Å². The van der Waals surface area contributed by atoms with Gasteiger partial charge in [0.2, 0.25) is 0 Å². The molecule has 1 saturated heterocycles. The molecule has 7 heteroatoms. The minimum atomic E-state index is 0.622. The zero-order chi connectivity index (χ0) is 23.9. The minimum Gasteiger partial charge on any atom is -0.493 e. The SMILES string of the molecule is COc1cc(Nc2ncnc3ccc(C#CCN4CCNCC4)cc23)ccc1Oc1ccccc1. The molecular weight excluding hydrogens is 438 g/mol. The predicted molar refractivity (Wildman–Crippen MR) is 139 cm³/mol. The third-order valence-electron chi connectivity index (χ3n) is 5.78. The molecule has 0 amide bonds. The van der Waals surface area contributed by atoms with Gasteiger partial charge in [0.05, 0.1) is 19.2 Å². The number of nitrogens with zero attached hydrogens (tertiary/aromatic N) is 3. The van der Waals surface area contributed by atoms with Crippen molar-refractivity contribution in [3.8, 4) is 29.1 Å². The monoisotopic (exact) mass is 465 g/mol. The van der Waals surface area contributed by atoms with Crippen molar-refractivity contribution in [2.45, 2.75) is 0 Å². The summed E-state index contributed by atoms with van der Waals surface area (Å²) in [6, 6.07) is 21.4. The van der Waals surface area contributed by atoms with Gasteiger partial charge in [-0.2, -0.15) is 0 Å². The van der Waals surface area contributed by atoms with E-state index in [1.54, 1.807) is 13.4 Å². The first-order valence-electron chi connectivity index (χ1n) is 11.6. The molecular formula is C28H27N5O2. The van der Waals surface area contributed by atoms with Gasteiger partial charge in [-0.05, 0) is 42.5 Å². The second-order valence-electron chi connectivity index (χ2n) is 8.19. The molecule has 35 heavy (non-hydrogen) atoms. The van der Waals surface area contributed by atoms with Crippen molar-refractivity contribution in [1.29, 1.82) is 0 Å². The van der Waals surface area contributed by atoms with E-state index in [1.165, 1.54) is 0 Å². The van der Waals surface area contributed by atoms with E-state index in [9.17, 15) is 0 Å². The van der Waals surface area contributed by atoms with Crippen molar-refractivity contribution in [2.24, 2.45) is 0 Å². The second-order valence-corrected chi connectivity index (χ2v) is 8.19. The molecule has 1 aliphatic heterocycles. The number of anilines is 2. The molecule has 1 aromatic heterocycles. The van der Waals surface area contributed by atoms with Crippen LogP contribution in [0.4, 0.5) is 11.5 Å². The van der Waals surface area contributed by atoms with Crippen LogP contribution in [0.3, 0.4) is 0 Å². The fourth-order valence-electron chi connectivity index (χ4n) is 3.94. The molecule has 0 radical (unpaired) electrons. The zero-order valence-electron chi connectivity index (χ0n) is 19.6. The predicted octanol–water partition coefficient (Wildman–Crippen LogP) is 4.43. The lowest BCUT2D eigenvalue weighted by atomic mass is 10.1. The molecule has 2 heterocycles. The first-order valence-corrected chi connectivity index (χ1v) is 11.6. The van der Waals surface area contributed by atoms with Crippen LogP contribution >= 0.6 is 0 Å². The number of para-hydroxylation sites is 1. The maximum atomic E-state index is 5.97. The topological polar surface area (TPSA) is 71.5 Å². The van der Waals surface area contributed by atoms with Crippen LogP contribution in [0, 0.1) is 11.8 Å². The smallest absolute Gasteiger partial charge is 0.169 e. The summed E-state index contributed by atoms with van der Waals surface area (Å²) in [6.45, 7) is 4.88. The zero-order valence-corrected chi connectivity index (χ0v) is 19.6. The van der Waals surface area contributed by atoms with Gasteiger partial charge in [0.15, 0.2) is 11.5 Å². The Morgan fingerprint density at radius 1 is 0.971 bits per heavy atom. The quantitative estimate of drug-likeness (QED) is 0.408. The highest BCUT2D eigenvalue weighted by molar-refractivity contribution is 5.91. The lowest BCUT2D eigenvalue weighted by Gasteiger charge is -2.24. The molecule has 0 unspecified atom stereocenters. The van der Waals surface area contributed by atoms with Gasteiger partial charge >= 0.3 is 0 Å². The number of benzene rings is 3. The summed E-state index contributed by atoms with van der Waals surface area (Å²) in [6.07, 6.45) is 1.56. The number of nitrogens with one attached hydrogen (secondary N) is 2. The van der Waals surface area contributed by atoms with E-state index in [0.717, 1.165) is 60.6 Å². The Balaban J connectivity index is 1.36. The maximum absolute atomic E-state index is 5.97. The normalized spacial score (nSPS) is 13.6. The van der Waals surface area contributed by atoms with Crippen LogP contribution in [0.5, 0.6) is 17.2 Å². The Labute approximate surface area is 205 Å².